The molecule has 16 heavy (non-hydrogen) atoms. The van der Waals surface area contributed by atoms with Crippen molar-refractivity contribution in [3.8, 4) is 0 Å². The Morgan fingerprint density at radius 1 is 1.38 bits per heavy atom. The minimum atomic E-state index is 0.279. The van der Waals surface area contributed by atoms with Gasteiger partial charge >= 0.3 is 0 Å². The van der Waals surface area contributed by atoms with Gasteiger partial charge in [-0.05, 0) is 18.3 Å². The molecular weight excluding hydrogens is 198 g/mol. The Kier molecular flexibility index (Phi) is 4.00. The fourth-order valence-electron chi connectivity index (χ4n) is 1.61. The van der Waals surface area contributed by atoms with E-state index in [1.807, 2.05) is 6.92 Å². The lowest BCUT2D eigenvalue weighted by Gasteiger charge is -2.20. The fourth-order valence-corrected chi connectivity index (χ4v) is 1.61. The van der Waals surface area contributed by atoms with Gasteiger partial charge in [-0.15, -0.1) is 0 Å². The smallest absolute Gasteiger partial charge is 0.203 e. The molecule has 0 aliphatic rings. The average Bonchev–Trinajstić information content (AvgIpc) is 2.39. The maximum Gasteiger partial charge on any atom is 0.203 e. The zero-order valence-electron chi connectivity index (χ0n) is 11.5. The van der Waals surface area contributed by atoms with E-state index in [1.54, 1.807) is 0 Å². The molecule has 1 N–H and O–H groups in total. The number of nitrogens with zero attached hydrogens (tertiary/aromatic N) is 2. The summed E-state index contributed by atoms with van der Waals surface area (Å²) in [5.74, 6) is 1.64. The molecule has 3 heteroatoms. The van der Waals surface area contributed by atoms with Gasteiger partial charge in [0.1, 0.15) is 0 Å². The molecule has 0 aliphatic carbocycles. The van der Waals surface area contributed by atoms with Crippen molar-refractivity contribution in [3.05, 3.63) is 11.9 Å². The van der Waals surface area contributed by atoms with Crippen LogP contribution in [0.25, 0.3) is 0 Å². The van der Waals surface area contributed by atoms with Gasteiger partial charge in [-0.2, -0.15) is 0 Å². The van der Waals surface area contributed by atoms with Gasteiger partial charge in [0.25, 0.3) is 0 Å². The highest BCUT2D eigenvalue weighted by atomic mass is 15.2. The van der Waals surface area contributed by atoms with Crippen molar-refractivity contribution in [1.82, 2.24) is 9.55 Å². The molecule has 1 aromatic rings. The number of nitrogens with one attached hydrogen (secondary N) is 1. The van der Waals surface area contributed by atoms with Crippen molar-refractivity contribution in [3.63, 3.8) is 0 Å². The van der Waals surface area contributed by atoms with Crippen LogP contribution in [0.15, 0.2) is 6.20 Å². The summed E-state index contributed by atoms with van der Waals surface area (Å²) in [4.78, 5) is 4.52. The van der Waals surface area contributed by atoms with Crippen LogP contribution in [0.3, 0.4) is 0 Å². The van der Waals surface area contributed by atoms with Crippen LogP contribution >= 0.6 is 0 Å². The second kappa shape index (κ2) is 4.89. The average molecular weight is 223 g/mol. The Labute approximate surface area is 99.3 Å². The molecule has 0 atom stereocenters. The Morgan fingerprint density at radius 2 is 2.00 bits per heavy atom. The van der Waals surface area contributed by atoms with Crippen LogP contribution in [-0.2, 0) is 6.54 Å². The Balaban J connectivity index is 2.75. The molecular formula is C13H25N3. The van der Waals surface area contributed by atoms with Crippen molar-refractivity contribution in [2.24, 2.45) is 11.3 Å². The van der Waals surface area contributed by atoms with Crippen molar-refractivity contribution in [1.29, 1.82) is 0 Å². The second-order valence-corrected chi connectivity index (χ2v) is 6.17. The minimum Gasteiger partial charge on any atom is -0.355 e. The monoisotopic (exact) mass is 223 g/mol. The van der Waals surface area contributed by atoms with Crippen molar-refractivity contribution >= 4 is 5.95 Å². The number of aryl methyl sites for hydroxylation is 1. The van der Waals surface area contributed by atoms with E-state index in [9.17, 15) is 0 Å². The molecule has 3 nitrogen and oxygen atoms in total. The van der Waals surface area contributed by atoms with Gasteiger partial charge in [-0.3, -0.25) is 0 Å². The zero-order valence-corrected chi connectivity index (χ0v) is 11.5. The molecule has 0 aliphatic heterocycles. The van der Waals surface area contributed by atoms with E-state index in [1.165, 1.54) is 0 Å². The summed E-state index contributed by atoms with van der Waals surface area (Å²) in [5, 5.41) is 3.41. The molecule has 0 saturated heterocycles. The molecule has 0 unspecified atom stereocenters. The lowest BCUT2D eigenvalue weighted by atomic mass is 9.97. The molecule has 1 aromatic heterocycles. The molecule has 1 rings (SSSR count). The molecule has 0 spiro atoms. The molecule has 1 heterocycles. The van der Waals surface area contributed by atoms with E-state index in [2.05, 4.69) is 55.7 Å². The summed E-state index contributed by atoms with van der Waals surface area (Å²) in [6, 6.07) is 0. The topological polar surface area (TPSA) is 29.9 Å². The van der Waals surface area contributed by atoms with Crippen LogP contribution in [0, 0.1) is 18.3 Å². The highest BCUT2D eigenvalue weighted by molar-refractivity contribution is 5.28. The summed E-state index contributed by atoms with van der Waals surface area (Å²) in [6.07, 6.45) is 2.12. The van der Waals surface area contributed by atoms with Crippen molar-refractivity contribution in [2.75, 3.05) is 11.9 Å². The van der Waals surface area contributed by atoms with Gasteiger partial charge in [0.15, 0.2) is 0 Å². The number of rotatable bonds is 4. The lowest BCUT2D eigenvalue weighted by Crippen LogP contribution is -2.18. The Morgan fingerprint density at radius 3 is 2.50 bits per heavy atom. The summed E-state index contributed by atoms with van der Waals surface area (Å²) in [7, 11) is 0. The maximum atomic E-state index is 4.52. The third-order valence-corrected chi connectivity index (χ3v) is 2.21. The van der Waals surface area contributed by atoms with Gasteiger partial charge < -0.3 is 9.88 Å². The van der Waals surface area contributed by atoms with E-state index in [0.29, 0.717) is 5.92 Å². The first-order chi connectivity index (χ1) is 7.28. The predicted octanol–water partition coefficient (Wildman–Crippen LogP) is 3.31. The molecule has 0 radical (unpaired) electrons. The van der Waals surface area contributed by atoms with Gasteiger partial charge in [0.05, 0.1) is 5.69 Å². The van der Waals surface area contributed by atoms with E-state index in [-0.39, 0.29) is 5.41 Å². The SMILES string of the molecule is Cc1cn(CC(C)(C)C)c(NCC(C)C)n1. The van der Waals surface area contributed by atoms with E-state index < -0.39 is 0 Å². The fraction of sp³-hybridized carbons (Fsp3) is 0.769. The zero-order chi connectivity index (χ0) is 12.3. The minimum absolute atomic E-state index is 0.279. The third kappa shape index (κ3) is 4.25. The lowest BCUT2D eigenvalue weighted by molar-refractivity contribution is 0.345. The first-order valence-corrected chi connectivity index (χ1v) is 6.05. The van der Waals surface area contributed by atoms with E-state index in [0.717, 1.165) is 24.7 Å². The van der Waals surface area contributed by atoms with Gasteiger partial charge in [0, 0.05) is 19.3 Å². The molecule has 0 bridgehead atoms. The van der Waals surface area contributed by atoms with Crippen molar-refractivity contribution in [2.45, 2.75) is 48.1 Å². The van der Waals surface area contributed by atoms with Crippen LogP contribution in [0.2, 0.25) is 0 Å². The van der Waals surface area contributed by atoms with Crippen LogP contribution in [-0.4, -0.2) is 16.1 Å². The van der Waals surface area contributed by atoms with Crippen LogP contribution in [0.5, 0.6) is 0 Å². The number of imidazole rings is 1. The quantitative estimate of drug-likeness (QED) is 0.848. The first kappa shape index (κ1) is 13.1. The van der Waals surface area contributed by atoms with Gasteiger partial charge in [0.2, 0.25) is 5.95 Å². The highest BCUT2D eigenvalue weighted by Crippen LogP contribution is 2.20. The summed E-state index contributed by atoms with van der Waals surface area (Å²) < 4.78 is 2.22. The van der Waals surface area contributed by atoms with Gasteiger partial charge in [-0.1, -0.05) is 34.6 Å². The number of aromatic nitrogens is 2. The normalized spacial score (nSPS) is 12.2. The standard InChI is InChI=1S/C13H25N3/c1-10(2)7-14-12-15-11(3)8-16(12)9-13(4,5)6/h8,10H,7,9H2,1-6H3,(H,14,15). The van der Waals surface area contributed by atoms with Crippen LogP contribution in [0.4, 0.5) is 5.95 Å². The number of hydrogen-bond acceptors (Lipinski definition) is 2. The molecule has 92 valence electrons. The van der Waals surface area contributed by atoms with Gasteiger partial charge in [-0.25, -0.2) is 4.98 Å². The Hall–Kier alpha value is -0.990. The van der Waals surface area contributed by atoms with Crippen molar-refractivity contribution < 1.29 is 0 Å². The first-order valence-electron chi connectivity index (χ1n) is 6.05. The number of hydrogen-bond donors (Lipinski definition) is 1. The summed E-state index contributed by atoms with van der Waals surface area (Å²) in [6.45, 7) is 15.2. The van der Waals surface area contributed by atoms with E-state index >= 15 is 0 Å². The van der Waals surface area contributed by atoms with E-state index in [4.69, 9.17) is 0 Å². The van der Waals surface area contributed by atoms with Crippen LogP contribution in [0.1, 0.15) is 40.3 Å². The summed E-state index contributed by atoms with van der Waals surface area (Å²) >= 11 is 0. The third-order valence-electron chi connectivity index (χ3n) is 2.21. The maximum absolute atomic E-state index is 4.52. The molecule has 0 aromatic carbocycles. The Bertz CT molecular complexity index is 331. The largest absolute Gasteiger partial charge is 0.355 e. The summed E-state index contributed by atoms with van der Waals surface area (Å²) in [5.41, 5.74) is 1.36. The van der Waals surface area contributed by atoms with Crippen LogP contribution < -0.4 is 5.32 Å². The molecule has 0 fully saturated rings. The predicted molar refractivity (Wildman–Crippen MR) is 69.7 cm³/mol. The number of anilines is 1. The second-order valence-electron chi connectivity index (χ2n) is 6.17. The highest BCUT2D eigenvalue weighted by Gasteiger charge is 2.14. The molecule has 0 saturated carbocycles. The molecule has 0 amide bonds.